The maximum absolute atomic E-state index is 13.1. The summed E-state index contributed by atoms with van der Waals surface area (Å²) in [6, 6.07) is -0.702. The Bertz CT molecular complexity index is 873. The summed E-state index contributed by atoms with van der Waals surface area (Å²) in [6.07, 6.45) is 48.1. The second kappa shape index (κ2) is 43.5. The van der Waals surface area contributed by atoms with Gasteiger partial charge in [0.05, 0.1) is 25.2 Å². The highest BCUT2D eigenvalue weighted by molar-refractivity contribution is 5.77. The molecular weight excluding hydrogens is 683 g/mol. The molecule has 324 valence electrons. The van der Waals surface area contributed by atoms with Gasteiger partial charge in [0.15, 0.2) is 0 Å². The van der Waals surface area contributed by atoms with Crippen molar-refractivity contribution in [2.75, 3.05) is 6.61 Å². The Morgan fingerprint density at radius 2 is 0.891 bits per heavy atom. The normalized spacial score (nSPS) is 13.5. The van der Waals surface area contributed by atoms with Crippen LogP contribution in [0.25, 0.3) is 0 Å². The summed E-state index contributed by atoms with van der Waals surface area (Å²) in [4.78, 5) is 26.0. The molecule has 0 rings (SSSR count). The third-order valence-corrected chi connectivity index (χ3v) is 11.0. The van der Waals surface area contributed by atoms with Crippen molar-refractivity contribution in [1.82, 2.24) is 5.32 Å². The molecule has 3 atom stereocenters. The summed E-state index contributed by atoms with van der Waals surface area (Å²) in [5.74, 6) is -0.495. The van der Waals surface area contributed by atoms with Crippen LogP contribution in [0.3, 0.4) is 0 Å². The van der Waals surface area contributed by atoms with Gasteiger partial charge in [0.2, 0.25) is 5.91 Å². The summed E-state index contributed by atoms with van der Waals surface area (Å²) < 4.78 is 5.89. The first-order valence-corrected chi connectivity index (χ1v) is 24.1. The fourth-order valence-corrected chi connectivity index (χ4v) is 7.29. The van der Waals surface area contributed by atoms with Gasteiger partial charge in [0.1, 0.15) is 6.10 Å². The second-order valence-corrected chi connectivity index (χ2v) is 16.5. The standard InChI is InChI=1S/C49H93NO5/c1-4-7-10-13-16-19-21-22-23-24-25-27-30-33-36-39-42-49(54)55-45(40-37-34-31-28-18-15-12-9-6-3)43-48(53)50-46(44-51)47(52)41-38-35-32-29-26-20-17-14-11-8-5-2/h15,18,23-24,45-47,51-52H,4-14,16-17,19-22,25-44H2,1-3H3,(H,50,53)/b18-15-,24-23+. The van der Waals surface area contributed by atoms with E-state index in [-0.39, 0.29) is 24.9 Å². The fraction of sp³-hybridized carbons (Fsp3) is 0.878. The number of hydrogen-bond donors (Lipinski definition) is 3. The average molecular weight is 776 g/mol. The van der Waals surface area contributed by atoms with Gasteiger partial charge in [-0.3, -0.25) is 9.59 Å². The topological polar surface area (TPSA) is 95.9 Å². The quantitative estimate of drug-likeness (QED) is 0.0326. The molecular formula is C49H93NO5. The number of nitrogens with one attached hydrogen (secondary N) is 1. The van der Waals surface area contributed by atoms with Crippen LogP contribution >= 0.6 is 0 Å². The van der Waals surface area contributed by atoms with Gasteiger partial charge in [-0.05, 0) is 70.6 Å². The predicted octanol–water partition coefficient (Wildman–Crippen LogP) is 14.0. The Morgan fingerprint density at radius 1 is 0.509 bits per heavy atom. The largest absolute Gasteiger partial charge is 0.462 e. The monoisotopic (exact) mass is 776 g/mol. The number of hydrogen-bond acceptors (Lipinski definition) is 5. The summed E-state index contributed by atoms with van der Waals surface area (Å²) in [6.45, 7) is 6.42. The zero-order valence-electron chi connectivity index (χ0n) is 36.8. The van der Waals surface area contributed by atoms with E-state index in [2.05, 4.69) is 50.4 Å². The van der Waals surface area contributed by atoms with Crippen molar-refractivity contribution in [3.8, 4) is 0 Å². The highest BCUT2D eigenvalue weighted by Crippen LogP contribution is 2.17. The molecule has 1 amide bonds. The van der Waals surface area contributed by atoms with E-state index in [9.17, 15) is 19.8 Å². The molecule has 55 heavy (non-hydrogen) atoms. The van der Waals surface area contributed by atoms with Gasteiger partial charge in [-0.1, -0.05) is 193 Å². The van der Waals surface area contributed by atoms with Crippen LogP contribution < -0.4 is 5.32 Å². The lowest BCUT2D eigenvalue weighted by Crippen LogP contribution is -2.46. The van der Waals surface area contributed by atoms with Crippen molar-refractivity contribution < 1.29 is 24.5 Å². The molecule has 6 nitrogen and oxygen atoms in total. The first kappa shape index (κ1) is 53.3. The predicted molar refractivity (Wildman–Crippen MR) is 236 cm³/mol. The highest BCUT2D eigenvalue weighted by atomic mass is 16.5. The van der Waals surface area contributed by atoms with Crippen LogP contribution in [-0.4, -0.2) is 46.9 Å². The molecule has 0 saturated heterocycles. The lowest BCUT2D eigenvalue weighted by atomic mass is 10.0. The van der Waals surface area contributed by atoms with Crippen molar-refractivity contribution in [1.29, 1.82) is 0 Å². The van der Waals surface area contributed by atoms with Crippen LogP contribution in [0.15, 0.2) is 24.3 Å². The molecule has 0 spiro atoms. The number of allylic oxidation sites excluding steroid dienone is 4. The molecule has 0 aliphatic rings. The molecule has 0 radical (unpaired) electrons. The number of aliphatic hydroxyl groups excluding tert-OH is 2. The molecule has 0 bridgehead atoms. The van der Waals surface area contributed by atoms with Crippen LogP contribution in [0, 0.1) is 0 Å². The molecule has 0 fully saturated rings. The van der Waals surface area contributed by atoms with E-state index in [1.165, 1.54) is 128 Å². The number of ether oxygens (including phenoxy) is 1. The summed E-state index contributed by atoms with van der Waals surface area (Å²) in [7, 11) is 0. The molecule has 0 aliphatic heterocycles. The van der Waals surface area contributed by atoms with Crippen molar-refractivity contribution >= 4 is 11.9 Å². The van der Waals surface area contributed by atoms with E-state index in [0.717, 1.165) is 77.0 Å². The number of carbonyl (C=O) groups is 2. The molecule has 3 N–H and O–H groups in total. The van der Waals surface area contributed by atoms with Gasteiger partial charge in [0.25, 0.3) is 0 Å². The zero-order valence-corrected chi connectivity index (χ0v) is 36.8. The van der Waals surface area contributed by atoms with Gasteiger partial charge < -0.3 is 20.3 Å². The Labute approximate surface area is 341 Å². The molecule has 0 aromatic rings. The Balaban J connectivity index is 4.49. The van der Waals surface area contributed by atoms with Crippen LogP contribution in [-0.2, 0) is 14.3 Å². The number of carbonyl (C=O) groups excluding carboxylic acids is 2. The van der Waals surface area contributed by atoms with E-state index in [4.69, 9.17) is 4.74 Å². The molecule has 0 saturated carbocycles. The van der Waals surface area contributed by atoms with Crippen LogP contribution in [0.5, 0.6) is 0 Å². The number of amides is 1. The van der Waals surface area contributed by atoms with E-state index >= 15 is 0 Å². The van der Waals surface area contributed by atoms with Crippen LogP contribution in [0.4, 0.5) is 0 Å². The fourth-order valence-electron chi connectivity index (χ4n) is 7.29. The minimum Gasteiger partial charge on any atom is -0.462 e. The molecule has 0 aromatic heterocycles. The third-order valence-electron chi connectivity index (χ3n) is 11.0. The van der Waals surface area contributed by atoms with Gasteiger partial charge in [-0.15, -0.1) is 0 Å². The van der Waals surface area contributed by atoms with Gasteiger partial charge in [-0.25, -0.2) is 0 Å². The Morgan fingerprint density at radius 3 is 1.36 bits per heavy atom. The van der Waals surface area contributed by atoms with E-state index in [1.54, 1.807) is 0 Å². The zero-order chi connectivity index (χ0) is 40.3. The van der Waals surface area contributed by atoms with E-state index in [1.807, 2.05) is 0 Å². The minimum absolute atomic E-state index is 0.0663. The molecule has 0 aliphatic carbocycles. The van der Waals surface area contributed by atoms with E-state index < -0.39 is 18.2 Å². The third kappa shape index (κ3) is 39.0. The SMILES string of the molecule is CCCC/C=C\CCCCCC(CC(=O)NC(CO)C(O)CCCCCCCCCCCCC)OC(=O)CCCCCCC/C=C/CCCCCCCCC. The van der Waals surface area contributed by atoms with Gasteiger partial charge in [-0.2, -0.15) is 0 Å². The van der Waals surface area contributed by atoms with Crippen LogP contribution in [0.2, 0.25) is 0 Å². The number of unbranched alkanes of at least 4 members (excludes halogenated alkanes) is 27. The summed E-state index contributed by atoms with van der Waals surface area (Å²) in [5.41, 5.74) is 0. The summed E-state index contributed by atoms with van der Waals surface area (Å²) >= 11 is 0. The van der Waals surface area contributed by atoms with Crippen molar-refractivity contribution in [3.05, 3.63) is 24.3 Å². The van der Waals surface area contributed by atoms with Gasteiger partial charge >= 0.3 is 5.97 Å². The van der Waals surface area contributed by atoms with Crippen molar-refractivity contribution in [2.45, 2.75) is 270 Å². The van der Waals surface area contributed by atoms with Crippen molar-refractivity contribution in [2.24, 2.45) is 0 Å². The number of rotatable bonds is 43. The number of aliphatic hydroxyl groups is 2. The van der Waals surface area contributed by atoms with Crippen molar-refractivity contribution in [3.63, 3.8) is 0 Å². The summed E-state index contributed by atoms with van der Waals surface area (Å²) in [5, 5.41) is 23.6. The molecule has 6 heteroatoms. The second-order valence-electron chi connectivity index (χ2n) is 16.5. The molecule has 3 unspecified atom stereocenters. The molecule has 0 heterocycles. The van der Waals surface area contributed by atoms with Crippen LogP contribution in [0.1, 0.15) is 252 Å². The minimum atomic E-state index is -0.787. The highest BCUT2D eigenvalue weighted by Gasteiger charge is 2.24. The van der Waals surface area contributed by atoms with Gasteiger partial charge in [0, 0.05) is 6.42 Å². The first-order valence-electron chi connectivity index (χ1n) is 24.1. The molecule has 0 aromatic carbocycles. The lowest BCUT2D eigenvalue weighted by Gasteiger charge is -2.24. The smallest absolute Gasteiger partial charge is 0.306 e. The first-order chi connectivity index (χ1) is 27.0. The Kier molecular flexibility index (Phi) is 42.2. The maximum atomic E-state index is 13.1. The lowest BCUT2D eigenvalue weighted by molar-refractivity contribution is -0.151. The van der Waals surface area contributed by atoms with E-state index in [0.29, 0.717) is 19.3 Å². The average Bonchev–Trinajstić information content (AvgIpc) is 3.18. The maximum Gasteiger partial charge on any atom is 0.306 e. The number of esters is 1. The Hall–Kier alpha value is -1.66.